The van der Waals surface area contributed by atoms with Gasteiger partial charge in [-0.2, -0.15) is 0 Å². The number of fused-ring (bicyclic) bond motifs is 1. The molecule has 7 nitrogen and oxygen atoms in total. The monoisotopic (exact) mass is 519 g/mol. The fraction of sp³-hybridized carbons (Fsp3) is 0.414. The SMILES string of the molecule is CCOC(=O)c1cc(-c2ccc(-c3cn4ccsc4n3)cc2)oc1N(C(=O)C1CCC(C)CC1)C(C)C. The zero-order valence-electron chi connectivity index (χ0n) is 21.8. The number of esters is 1. The summed E-state index contributed by atoms with van der Waals surface area (Å²) in [6, 6.07) is 9.40. The van der Waals surface area contributed by atoms with Crippen molar-refractivity contribution in [1.29, 1.82) is 0 Å². The summed E-state index contributed by atoms with van der Waals surface area (Å²) in [4.78, 5) is 33.9. The molecule has 8 heteroatoms. The van der Waals surface area contributed by atoms with Crippen molar-refractivity contribution in [2.45, 2.75) is 59.4 Å². The average Bonchev–Trinajstić information content (AvgIpc) is 3.60. The lowest BCUT2D eigenvalue weighted by Crippen LogP contribution is -2.42. The van der Waals surface area contributed by atoms with Gasteiger partial charge >= 0.3 is 5.97 Å². The molecule has 1 saturated carbocycles. The van der Waals surface area contributed by atoms with Gasteiger partial charge in [0.15, 0.2) is 4.96 Å². The van der Waals surface area contributed by atoms with Gasteiger partial charge in [-0.15, -0.1) is 11.3 Å². The molecule has 0 unspecified atom stereocenters. The first-order valence-electron chi connectivity index (χ1n) is 13.0. The van der Waals surface area contributed by atoms with Crippen LogP contribution >= 0.6 is 11.3 Å². The first-order valence-corrected chi connectivity index (χ1v) is 13.9. The second-order valence-corrected chi connectivity index (χ2v) is 11.0. The standard InChI is InChI=1S/C29H33N3O4S/c1-5-35-28(34)23-16-25(21-12-10-20(11-13-21)24-17-31-14-15-37-29(31)30-24)36-27(23)32(18(2)3)26(33)22-8-6-19(4)7-9-22/h10-19,22H,5-9H2,1-4H3. The van der Waals surface area contributed by atoms with Gasteiger partial charge in [-0.05, 0) is 52.4 Å². The van der Waals surface area contributed by atoms with Gasteiger partial charge in [-0.3, -0.25) is 14.1 Å². The molecule has 4 aromatic rings. The zero-order chi connectivity index (χ0) is 26.1. The lowest BCUT2D eigenvalue weighted by atomic mass is 9.82. The van der Waals surface area contributed by atoms with E-state index >= 15 is 0 Å². The van der Waals surface area contributed by atoms with Crippen molar-refractivity contribution in [1.82, 2.24) is 9.38 Å². The van der Waals surface area contributed by atoms with Crippen LogP contribution in [0.3, 0.4) is 0 Å². The molecule has 1 aliphatic carbocycles. The Labute approximate surface area is 221 Å². The molecule has 3 heterocycles. The molecule has 1 fully saturated rings. The largest absolute Gasteiger partial charge is 0.462 e. The van der Waals surface area contributed by atoms with Crippen LogP contribution in [-0.2, 0) is 9.53 Å². The molecule has 0 bridgehead atoms. The Balaban J connectivity index is 1.48. The number of imidazole rings is 1. The third kappa shape index (κ3) is 5.07. The molecule has 37 heavy (non-hydrogen) atoms. The van der Waals surface area contributed by atoms with E-state index in [4.69, 9.17) is 9.15 Å². The number of benzene rings is 1. The van der Waals surface area contributed by atoms with Crippen molar-refractivity contribution in [2.75, 3.05) is 11.5 Å². The van der Waals surface area contributed by atoms with Gasteiger partial charge in [0, 0.05) is 46.9 Å². The van der Waals surface area contributed by atoms with E-state index in [1.54, 1.807) is 29.2 Å². The summed E-state index contributed by atoms with van der Waals surface area (Å²) in [7, 11) is 0. The summed E-state index contributed by atoms with van der Waals surface area (Å²) in [5.74, 6) is 0.896. The summed E-state index contributed by atoms with van der Waals surface area (Å²) in [5, 5.41) is 2.00. The lowest BCUT2D eigenvalue weighted by molar-refractivity contribution is -0.124. The summed E-state index contributed by atoms with van der Waals surface area (Å²) >= 11 is 1.59. The highest BCUT2D eigenvalue weighted by Gasteiger charge is 2.35. The molecular formula is C29H33N3O4S. The van der Waals surface area contributed by atoms with E-state index in [0.29, 0.717) is 11.7 Å². The van der Waals surface area contributed by atoms with Crippen LogP contribution in [0.5, 0.6) is 0 Å². The van der Waals surface area contributed by atoms with Crippen LogP contribution < -0.4 is 4.90 Å². The molecule has 1 aliphatic rings. The number of furan rings is 1. The van der Waals surface area contributed by atoms with Gasteiger partial charge in [-0.1, -0.05) is 31.2 Å². The predicted molar refractivity (Wildman–Crippen MR) is 146 cm³/mol. The van der Waals surface area contributed by atoms with E-state index in [0.717, 1.165) is 47.5 Å². The topological polar surface area (TPSA) is 77.1 Å². The van der Waals surface area contributed by atoms with E-state index in [2.05, 4.69) is 11.9 Å². The molecule has 0 aliphatic heterocycles. The highest BCUT2D eigenvalue weighted by atomic mass is 32.1. The maximum atomic E-state index is 13.7. The summed E-state index contributed by atoms with van der Waals surface area (Å²) in [6.45, 7) is 8.15. The number of hydrogen-bond acceptors (Lipinski definition) is 6. The Kier molecular flexibility index (Phi) is 7.20. The van der Waals surface area contributed by atoms with Crippen LogP contribution in [0.25, 0.3) is 27.5 Å². The van der Waals surface area contributed by atoms with Crippen LogP contribution in [0.2, 0.25) is 0 Å². The van der Waals surface area contributed by atoms with Gasteiger partial charge in [0.2, 0.25) is 11.8 Å². The Morgan fingerprint density at radius 3 is 2.51 bits per heavy atom. The van der Waals surface area contributed by atoms with Crippen molar-refractivity contribution >= 4 is 34.1 Å². The van der Waals surface area contributed by atoms with Gasteiger partial charge < -0.3 is 9.15 Å². The van der Waals surface area contributed by atoms with Gasteiger partial charge in [-0.25, -0.2) is 9.78 Å². The fourth-order valence-electron chi connectivity index (χ4n) is 5.02. The minimum absolute atomic E-state index is 0.0171. The highest BCUT2D eigenvalue weighted by Crippen LogP contribution is 2.37. The number of amides is 1. The molecule has 0 atom stereocenters. The molecule has 194 valence electrons. The minimum Gasteiger partial charge on any atom is -0.462 e. The number of rotatable bonds is 7. The Morgan fingerprint density at radius 2 is 1.86 bits per heavy atom. The van der Waals surface area contributed by atoms with Gasteiger partial charge in [0.05, 0.1) is 12.3 Å². The Bertz CT molecular complexity index is 1360. The molecule has 0 radical (unpaired) electrons. The predicted octanol–water partition coefficient (Wildman–Crippen LogP) is 7.07. The van der Waals surface area contributed by atoms with Crippen molar-refractivity contribution in [2.24, 2.45) is 11.8 Å². The summed E-state index contributed by atoms with van der Waals surface area (Å²) in [5.41, 5.74) is 2.97. The molecule has 0 N–H and O–H groups in total. The smallest absolute Gasteiger partial charge is 0.343 e. The maximum absolute atomic E-state index is 13.7. The molecule has 3 aromatic heterocycles. The van der Waals surface area contributed by atoms with Crippen LogP contribution in [0.1, 0.15) is 63.7 Å². The number of nitrogens with zero attached hydrogens (tertiary/aromatic N) is 3. The molecule has 0 spiro atoms. The second kappa shape index (κ2) is 10.5. The molecule has 0 saturated heterocycles. The highest BCUT2D eigenvalue weighted by molar-refractivity contribution is 7.15. The van der Waals surface area contributed by atoms with E-state index in [1.807, 2.05) is 60.3 Å². The minimum atomic E-state index is -0.488. The van der Waals surface area contributed by atoms with Crippen LogP contribution in [-0.4, -0.2) is 33.9 Å². The Morgan fingerprint density at radius 1 is 1.16 bits per heavy atom. The van der Waals surface area contributed by atoms with E-state index in [-0.39, 0.29) is 35.9 Å². The maximum Gasteiger partial charge on any atom is 0.343 e. The zero-order valence-corrected chi connectivity index (χ0v) is 22.6. The Hall–Kier alpha value is -3.39. The molecule has 1 aromatic carbocycles. The molecular weight excluding hydrogens is 486 g/mol. The average molecular weight is 520 g/mol. The van der Waals surface area contributed by atoms with Crippen molar-refractivity contribution in [3.63, 3.8) is 0 Å². The lowest BCUT2D eigenvalue weighted by Gasteiger charge is -2.32. The molecule has 1 amide bonds. The van der Waals surface area contributed by atoms with E-state index < -0.39 is 5.97 Å². The number of anilines is 1. The summed E-state index contributed by atoms with van der Waals surface area (Å²) < 4.78 is 13.6. The number of thiazole rings is 1. The third-order valence-electron chi connectivity index (χ3n) is 7.10. The van der Waals surface area contributed by atoms with Crippen LogP contribution in [0.15, 0.2) is 52.5 Å². The van der Waals surface area contributed by atoms with Crippen molar-refractivity contribution < 1.29 is 18.7 Å². The van der Waals surface area contributed by atoms with Crippen LogP contribution in [0, 0.1) is 11.8 Å². The number of aromatic nitrogens is 2. The van der Waals surface area contributed by atoms with Crippen molar-refractivity contribution in [3.05, 3.63) is 53.7 Å². The number of ether oxygens (including phenoxy) is 1. The first kappa shape index (κ1) is 25.3. The third-order valence-corrected chi connectivity index (χ3v) is 7.87. The van der Waals surface area contributed by atoms with E-state index in [9.17, 15) is 9.59 Å². The van der Waals surface area contributed by atoms with Crippen LogP contribution in [0.4, 0.5) is 5.88 Å². The second-order valence-electron chi connectivity index (χ2n) is 10.1. The van der Waals surface area contributed by atoms with Gasteiger partial charge in [0.25, 0.3) is 0 Å². The van der Waals surface area contributed by atoms with Gasteiger partial charge in [0.1, 0.15) is 11.3 Å². The quantitative estimate of drug-likeness (QED) is 0.244. The van der Waals surface area contributed by atoms with E-state index in [1.165, 1.54) is 0 Å². The first-order chi connectivity index (χ1) is 17.9. The number of carbonyl (C=O) groups excluding carboxylic acids is 2. The normalized spacial score (nSPS) is 17.9. The fourth-order valence-corrected chi connectivity index (χ4v) is 5.72. The number of hydrogen-bond donors (Lipinski definition) is 0. The molecule has 5 rings (SSSR count). The number of carbonyl (C=O) groups is 2. The summed E-state index contributed by atoms with van der Waals surface area (Å²) in [6.07, 6.45) is 7.79. The van der Waals surface area contributed by atoms with Crippen molar-refractivity contribution in [3.8, 4) is 22.6 Å².